The molecule has 0 aliphatic rings. The molecule has 1 rings (SSSR count). The van der Waals surface area contributed by atoms with E-state index < -0.39 is 0 Å². The molecule has 98 valence electrons. The van der Waals surface area contributed by atoms with E-state index in [0.29, 0.717) is 23.8 Å². The first-order valence-electron chi connectivity index (χ1n) is 5.96. The van der Waals surface area contributed by atoms with Gasteiger partial charge in [0.25, 0.3) is 0 Å². The van der Waals surface area contributed by atoms with Crippen molar-refractivity contribution >= 4 is 28.9 Å². The lowest BCUT2D eigenvalue weighted by Crippen LogP contribution is -2.35. The molecule has 4 nitrogen and oxygen atoms in total. The fourth-order valence-electron chi connectivity index (χ4n) is 1.80. The van der Waals surface area contributed by atoms with Gasteiger partial charge in [-0.05, 0) is 32.4 Å². The zero-order chi connectivity index (χ0) is 13.7. The smallest absolute Gasteiger partial charge is 0.321 e. The molecule has 0 fully saturated rings. The molecule has 18 heavy (non-hydrogen) atoms. The molecule has 0 aromatic heterocycles. The average Bonchev–Trinajstić information content (AvgIpc) is 2.30. The summed E-state index contributed by atoms with van der Waals surface area (Å²) in [4.78, 5) is 14.0. The maximum atomic E-state index is 12.0. The fraction of sp³-hybridized carbons (Fsp3) is 0.385. The highest BCUT2D eigenvalue weighted by atomic mass is 32.1. The van der Waals surface area contributed by atoms with Crippen LogP contribution in [0.1, 0.15) is 25.0 Å². The zero-order valence-corrected chi connectivity index (χ0v) is 11.8. The van der Waals surface area contributed by atoms with Crippen molar-refractivity contribution in [3.05, 3.63) is 29.3 Å². The number of nitrogens with one attached hydrogen (secondary N) is 1. The minimum Gasteiger partial charge on any atom is -0.389 e. The Morgan fingerprint density at radius 3 is 2.50 bits per heavy atom. The molecule has 0 saturated carbocycles. The number of rotatable bonds is 4. The molecule has 0 heterocycles. The van der Waals surface area contributed by atoms with Gasteiger partial charge in [0.05, 0.1) is 5.69 Å². The monoisotopic (exact) mass is 265 g/mol. The van der Waals surface area contributed by atoms with E-state index in [4.69, 9.17) is 18.0 Å². The minimum atomic E-state index is -0.136. The third kappa shape index (κ3) is 3.20. The molecule has 0 aliphatic carbocycles. The highest BCUT2D eigenvalue weighted by Crippen LogP contribution is 2.19. The second-order valence-corrected chi connectivity index (χ2v) is 4.40. The summed E-state index contributed by atoms with van der Waals surface area (Å²) in [6.07, 6.45) is 0. The predicted molar refractivity (Wildman–Crippen MR) is 79.0 cm³/mol. The summed E-state index contributed by atoms with van der Waals surface area (Å²) in [5.74, 6) is 0. The van der Waals surface area contributed by atoms with Gasteiger partial charge in [-0.3, -0.25) is 0 Å². The summed E-state index contributed by atoms with van der Waals surface area (Å²) in [5.41, 5.74) is 8.05. The van der Waals surface area contributed by atoms with Gasteiger partial charge < -0.3 is 16.0 Å². The summed E-state index contributed by atoms with van der Waals surface area (Å²) in [5, 5.41) is 2.85. The van der Waals surface area contributed by atoms with E-state index in [0.717, 1.165) is 11.1 Å². The molecular weight excluding hydrogens is 246 g/mol. The summed E-state index contributed by atoms with van der Waals surface area (Å²) in [7, 11) is 0. The quantitative estimate of drug-likeness (QED) is 0.822. The molecule has 3 N–H and O–H groups in total. The Morgan fingerprint density at radius 2 is 2.00 bits per heavy atom. The number of aryl methyl sites for hydroxylation is 1. The largest absolute Gasteiger partial charge is 0.389 e. The van der Waals surface area contributed by atoms with Crippen molar-refractivity contribution in [1.82, 2.24) is 4.90 Å². The number of nitrogens with two attached hydrogens (primary N) is 1. The van der Waals surface area contributed by atoms with Crippen LogP contribution in [0, 0.1) is 6.92 Å². The Morgan fingerprint density at radius 1 is 1.39 bits per heavy atom. The molecule has 0 aliphatic heterocycles. The molecule has 1 aromatic carbocycles. The predicted octanol–water partition coefficient (Wildman–Crippen LogP) is 2.50. The van der Waals surface area contributed by atoms with Crippen molar-refractivity contribution in [1.29, 1.82) is 0 Å². The van der Waals surface area contributed by atoms with Crippen LogP contribution in [-0.4, -0.2) is 29.0 Å². The molecule has 0 spiro atoms. The number of benzene rings is 1. The number of carbonyl (C=O) groups is 1. The van der Waals surface area contributed by atoms with E-state index in [-0.39, 0.29) is 6.03 Å². The first kappa shape index (κ1) is 14.4. The van der Waals surface area contributed by atoms with Crippen LogP contribution >= 0.6 is 12.2 Å². The van der Waals surface area contributed by atoms with Gasteiger partial charge in [0.2, 0.25) is 0 Å². The van der Waals surface area contributed by atoms with Crippen molar-refractivity contribution in [2.75, 3.05) is 18.4 Å². The number of nitrogens with zero attached hydrogens (tertiary/aromatic N) is 1. The second-order valence-electron chi connectivity index (χ2n) is 3.96. The van der Waals surface area contributed by atoms with Gasteiger partial charge in [0.15, 0.2) is 0 Å². The van der Waals surface area contributed by atoms with Crippen LogP contribution in [0.5, 0.6) is 0 Å². The first-order chi connectivity index (χ1) is 8.51. The van der Waals surface area contributed by atoms with Crippen LogP contribution in [0.25, 0.3) is 0 Å². The number of anilines is 1. The highest BCUT2D eigenvalue weighted by Gasteiger charge is 2.14. The number of hydrogen-bond acceptors (Lipinski definition) is 2. The molecule has 2 amide bonds. The summed E-state index contributed by atoms with van der Waals surface area (Å²) in [6, 6.07) is 5.46. The normalized spacial score (nSPS) is 9.94. The van der Waals surface area contributed by atoms with Crippen LogP contribution < -0.4 is 11.1 Å². The van der Waals surface area contributed by atoms with Crippen LogP contribution in [0.3, 0.4) is 0 Å². The van der Waals surface area contributed by atoms with Gasteiger partial charge in [-0.15, -0.1) is 0 Å². The second kappa shape index (κ2) is 6.35. The Bertz CT molecular complexity index is 456. The van der Waals surface area contributed by atoms with E-state index >= 15 is 0 Å². The maximum Gasteiger partial charge on any atom is 0.321 e. The molecule has 0 atom stereocenters. The Hall–Kier alpha value is -1.62. The van der Waals surface area contributed by atoms with Crippen molar-refractivity contribution in [2.45, 2.75) is 20.8 Å². The number of hydrogen-bond donors (Lipinski definition) is 2. The molecule has 1 aromatic rings. The third-order valence-electron chi connectivity index (χ3n) is 2.81. The number of carbonyl (C=O) groups excluding carboxylic acids is 1. The van der Waals surface area contributed by atoms with Crippen LogP contribution in [0.4, 0.5) is 10.5 Å². The van der Waals surface area contributed by atoms with Gasteiger partial charge in [-0.25, -0.2) is 4.79 Å². The molecule has 0 radical (unpaired) electrons. The van der Waals surface area contributed by atoms with Crippen LogP contribution in [0.2, 0.25) is 0 Å². The van der Waals surface area contributed by atoms with Gasteiger partial charge in [0, 0.05) is 18.7 Å². The number of urea groups is 1. The lowest BCUT2D eigenvalue weighted by molar-refractivity contribution is 0.217. The van der Waals surface area contributed by atoms with Gasteiger partial charge in [-0.2, -0.15) is 0 Å². The maximum absolute atomic E-state index is 12.0. The Labute approximate surface area is 113 Å². The number of amides is 2. The molecular formula is C13H19N3OS. The van der Waals surface area contributed by atoms with Gasteiger partial charge >= 0.3 is 6.03 Å². The van der Waals surface area contributed by atoms with E-state index in [1.54, 1.807) is 4.90 Å². The zero-order valence-electron chi connectivity index (χ0n) is 11.0. The Kier molecular flexibility index (Phi) is 5.09. The van der Waals surface area contributed by atoms with Crippen LogP contribution in [0.15, 0.2) is 18.2 Å². The molecule has 0 bridgehead atoms. The number of thiocarbonyl (C=S) groups is 1. The van der Waals surface area contributed by atoms with Crippen LogP contribution in [-0.2, 0) is 0 Å². The van der Waals surface area contributed by atoms with E-state index in [1.165, 1.54) is 0 Å². The average molecular weight is 265 g/mol. The standard InChI is InChI=1S/C13H19N3OS/c1-4-16(5-2)13(17)15-10-8-6-7-9(3)11(10)12(14)18/h6-8H,4-5H2,1-3H3,(H2,14,18)(H,15,17). The lowest BCUT2D eigenvalue weighted by atomic mass is 10.1. The SMILES string of the molecule is CCN(CC)C(=O)Nc1cccc(C)c1C(N)=S. The third-order valence-corrected chi connectivity index (χ3v) is 3.02. The lowest BCUT2D eigenvalue weighted by Gasteiger charge is -2.20. The van der Waals surface area contributed by atoms with Gasteiger partial charge in [0.1, 0.15) is 4.99 Å². The van der Waals surface area contributed by atoms with E-state index in [9.17, 15) is 4.79 Å². The molecule has 0 saturated heterocycles. The van der Waals surface area contributed by atoms with E-state index in [2.05, 4.69) is 5.32 Å². The first-order valence-corrected chi connectivity index (χ1v) is 6.37. The topological polar surface area (TPSA) is 58.4 Å². The molecule has 0 unspecified atom stereocenters. The minimum absolute atomic E-state index is 0.136. The van der Waals surface area contributed by atoms with E-state index in [1.807, 2.05) is 39.0 Å². The van der Waals surface area contributed by atoms with Crippen molar-refractivity contribution in [3.63, 3.8) is 0 Å². The van der Waals surface area contributed by atoms with Gasteiger partial charge in [-0.1, -0.05) is 24.4 Å². The molecule has 5 heteroatoms. The summed E-state index contributed by atoms with van der Waals surface area (Å²) in [6.45, 7) is 7.12. The summed E-state index contributed by atoms with van der Waals surface area (Å²) < 4.78 is 0. The fourth-order valence-corrected chi connectivity index (χ4v) is 2.08. The highest BCUT2D eigenvalue weighted by molar-refractivity contribution is 7.80. The van der Waals surface area contributed by atoms with Crippen molar-refractivity contribution in [2.24, 2.45) is 5.73 Å². The Balaban J connectivity index is 3.01. The van der Waals surface area contributed by atoms with Crippen molar-refractivity contribution < 1.29 is 4.79 Å². The van der Waals surface area contributed by atoms with Crippen molar-refractivity contribution in [3.8, 4) is 0 Å². The summed E-state index contributed by atoms with van der Waals surface area (Å²) >= 11 is 5.03.